The number of nitrogens with two attached hydrogens (primary N) is 1. The molecule has 2 aromatic heterocycles. The Morgan fingerprint density at radius 3 is 2.74 bits per heavy atom. The minimum atomic E-state index is -0.0104. The number of nitrogens with zero attached hydrogens (tertiary/aromatic N) is 5. The van der Waals surface area contributed by atoms with Crippen LogP contribution >= 0.6 is 0 Å². The molecule has 0 aliphatic heterocycles. The largest absolute Gasteiger partial charge is 0.275 e. The Bertz CT molecular complexity index is 514. The molecule has 1 atom stereocenters. The van der Waals surface area contributed by atoms with Crippen LogP contribution in [0, 0.1) is 5.92 Å². The van der Waals surface area contributed by atoms with E-state index in [4.69, 9.17) is 5.84 Å². The molecule has 0 bridgehead atoms. The van der Waals surface area contributed by atoms with Gasteiger partial charge in [0.1, 0.15) is 12.2 Å². The lowest BCUT2D eigenvalue weighted by Gasteiger charge is -2.15. The summed E-state index contributed by atoms with van der Waals surface area (Å²) in [5.41, 5.74) is 3.86. The quantitative estimate of drug-likeness (QED) is 0.582. The van der Waals surface area contributed by atoms with E-state index in [1.165, 1.54) is 0 Å². The van der Waals surface area contributed by atoms with Crippen LogP contribution in [0.25, 0.3) is 0 Å². The van der Waals surface area contributed by atoms with E-state index in [-0.39, 0.29) is 6.04 Å². The van der Waals surface area contributed by atoms with Crippen molar-refractivity contribution >= 4 is 0 Å². The van der Waals surface area contributed by atoms with Crippen molar-refractivity contribution in [2.75, 3.05) is 0 Å². The minimum absolute atomic E-state index is 0.0104. The Hall–Kier alpha value is -1.73. The van der Waals surface area contributed by atoms with Gasteiger partial charge >= 0.3 is 0 Å². The topological polar surface area (TPSA) is 86.6 Å². The van der Waals surface area contributed by atoms with Crippen LogP contribution in [0.3, 0.4) is 0 Å². The van der Waals surface area contributed by atoms with Gasteiger partial charge in [0.15, 0.2) is 0 Å². The van der Waals surface area contributed by atoms with Crippen molar-refractivity contribution in [3.8, 4) is 0 Å². The number of nitrogens with one attached hydrogen (secondary N) is 1. The van der Waals surface area contributed by atoms with E-state index >= 15 is 0 Å². The molecule has 0 aliphatic carbocycles. The predicted octanol–water partition coefficient (Wildman–Crippen LogP) is 0.415. The van der Waals surface area contributed by atoms with Crippen LogP contribution in [0.1, 0.15) is 31.3 Å². The summed E-state index contributed by atoms with van der Waals surface area (Å²) in [4.78, 5) is 4.32. The van der Waals surface area contributed by atoms with Crippen molar-refractivity contribution in [3.63, 3.8) is 0 Å². The van der Waals surface area contributed by atoms with Crippen LogP contribution in [0.2, 0.25) is 0 Å². The fourth-order valence-electron chi connectivity index (χ4n) is 2.02. The molecule has 0 saturated heterocycles. The standard InChI is InChI=1S/C12H21N7/c1-9(2)6-19-12(14-8-16-19)4-11(17-13)10-5-15-18(3)7-10/h5,7-9,11,17H,4,6,13H2,1-3H3. The first-order valence-corrected chi connectivity index (χ1v) is 6.41. The summed E-state index contributed by atoms with van der Waals surface area (Å²) in [7, 11) is 1.89. The van der Waals surface area contributed by atoms with Gasteiger partial charge in [-0.25, -0.2) is 9.67 Å². The maximum absolute atomic E-state index is 5.64. The van der Waals surface area contributed by atoms with Gasteiger partial charge in [0.25, 0.3) is 0 Å². The molecule has 0 fully saturated rings. The molecular weight excluding hydrogens is 242 g/mol. The molecule has 0 amide bonds. The molecule has 7 heteroatoms. The van der Waals surface area contributed by atoms with E-state index < -0.39 is 0 Å². The molecule has 2 aromatic rings. The number of aromatic nitrogens is 5. The summed E-state index contributed by atoms with van der Waals surface area (Å²) in [5.74, 6) is 7.10. The molecule has 19 heavy (non-hydrogen) atoms. The molecule has 2 heterocycles. The highest BCUT2D eigenvalue weighted by Crippen LogP contribution is 2.16. The van der Waals surface area contributed by atoms with Gasteiger partial charge in [0.05, 0.1) is 12.2 Å². The third kappa shape index (κ3) is 3.39. The summed E-state index contributed by atoms with van der Waals surface area (Å²) in [6.07, 6.45) is 6.05. The molecule has 3 N–H and O–H groups in total. The lowest BCUT2D eigenvalue weighted by atomic mass is 10.1. The molecule has 0 spiro atoms. The fraction of sp³-hybridized carbons (Fsp3) is 0.583. The minimum Gasteiger partial charge on any atom is -0.275 e. The van der Waals surface area contributed by atoms with Gasteiger partial charge in [-0.15, -0.1) is 0 Å². The Kier molecular flexibility index (Phi) is 4.28. The highest BCUT2D eigenvalue weighted by molar-refractivity contribution is 5.12. The molecule has 1 unspecified atom stereocenters. The van der Waals surface area contributed by atoms with E-state index in [9.17, 15) is 0 Å². The first-order chi connectivity index (χ1) is 9.10. The summed E-state index contributed by atoms with van der Waals surface area (Å²) >= 11 is 0. The molecule has 0 aliphatic rings. The zero-order valence-corrected chi connectivity index (χ0v) is 11.6. The highest BCUT2D eigenvalue weighted by Gasteiger charge is 2.16. The predicted molar refractivity (Wildman–Crippen MR) is 71.8 cm³/mol. The van der Waals surface area contributed by atoms with Gasteiger partial charge in [-0.2, -0.15) is 10.2 Å². The van der Waals surface area contributed by atoms with Gasteiger partial charge < -0.3 is 0 Å². The van der Waals surface area contributed by atoms with Crippen LogP contribution in [0.5, 0.6) is 0 Å². The molecule has 104 valence electrons. The van der Waals surface area contributed by atoms with Crippen molar-refractivity contribution in [1.29, 1.82) is 0 Å². The zero-order chi connectivity index (χ0) is 13.8. The van der Waals surface area contributed by atoms with Crippen LogP contribution in [0.4, 0.5) is 0 Å². The summed E-state index contributed by atoms with van der Waals surface area (Å²) in [5, 5.41) is 8.42. The number of rotatable bonds is 6. The van der Waals surface area contributed by atoms with E-state index in [2.05, 4.69) is 34.5 Å². The maximum Gasteiger partial charge on any atom is 0.138 e. The number of aryl methyl sites for hydroxylation is 1. The zero-order valence-electron chi connectivity index (χ0n) is 11.6. The molecule has 2 rings (SSSR count). The third-order valence-corrected chi connectivity index (χ3v) is 2.95. The lowest BCUT2D eigenvalue weighted by Crippen LogP contribution is -2.30. The number of hydrazine groups is 1. The van der Waals surface area contributed by atoms with Crippen LogP contribution in [-0.4, -0.2) is 24.5 Å². The average Bonchev–Trinajstić information content (AvgIpc) is 2.95. The SMILES string of the molecule is CC(C)Cn1ncnc1CC(NN)c1cnn(C)c1. The summed E-state index contributed by atoms with van der Waals surface area (Å²) in [6, 6.07) is -0.0104. The van der Waals surface area contributed by atoms with E-state index in [0.29, 0.717) is 12.3 Å². The second-order valence-corrected chi connectivity index (χ2v) is 5.12. The highest BCUT2D eigenvalue weighted by atomic mass is 15.3. The normalized spacial score (nSPS) is 13.1. The molecule has 0 aromatic carbocycles. The smallest absolute Gasteiger partial charge is 0.138 e. The van der Waals surface area contributed by atoms with Crippen LogP contribution in [-0.2, 0) is 20.0 Å². The van der Waals surface area contributed by atoms with Gasteiger partial charge in [-0.1, -0.05) is 13.8 Å². The van der Waals surface area contributed by atoms with Crippen molar-refractivity contribution in [2.45, 2.75) is 32.9 Å². The Balaban J connectivity index is 2.12. The van der Waals surface area contributed by atoms with Gasteiger partial charge in [0.2, 0.25) is 0 Å². The van der Waals surface area contributed by atoms with Gasteiger partial charge in [-0.05, 0) is 5.92 Å². The number of hydrogen-bond acceptors (Lipinski definition) is 5. The first-order valence-electron chi connectivity index (χ1n) is 6.41. The van der Waals surface area contributed by atoms with Gasteiger partial charge in [0, 0.05) is 31.8 Å². The van der Waals surface area contributed by atoms with E-state index in [1.54, 1.807) is 11.0 Å². The van der Waals surface area contributed by atoms with Crippen molar-refractivity contribution < 1.29 is 0 Å². The van der Waals surface area contributed by atoms with E-state index in [1.807, 2.05) is 24.1 Å². The maximum atomic E-state index is 5.64. The molecule has 0 saturated carbocycles. The van der Waals surface area contributed by atoms with E-state index in [0.717, 1.165) is 17.9 Å². The third-order valence-electron chi connectivity index (χ3n) is 2.95. The summed E-state index contributed by atoms with van der Waals surface area (Å²) in [6.45, 7) is 5.18. The van der Waals surface area contributed by atoms with Crippen LogP contribution < -0.4 is 11.3 Å². The Labute approximate surface area is 112 Å². The lowest BCUT2D eigenvalue weighted by molar-refractivity contribution is 0.446. The van der Waals surface area contributed by atoms with Crippen molar-refractivity contribution in [2.24, 2.45) is 18.8 Å². The Morgan fingerprint density at radius 2 is 2.16 bits per heavy atom. The monoisotopic (exact) mass is 263 g/mol. The van der Waals surface area contributed by atoms with Crippen molar-refractivity contribution in [1.82, 2.24) is 30.0 Å². The average molecular weight is 263 g/mol. The fourth-order valence-corrected chi connectivity index (χ4v) is 2.02. The number of hydrogen-bond donors (Lipinski definition) is 2. The van der Waals surface area contributed by atoms with Crippen LogP contribution in [0.15, 0.2) is 18.7 Å². The van der Waals surface area contributed by atoms with Crippen molar-refractivity contribution in [3.05, 3.63) is 30.1 Å². The molecule has 7 nitrogen and oxygen atoms in total. The second kappa shape index (κ2) is 5.94. The molecule has 0 radical (unpaired) electrons. The van der Waals surface area contributed by atoms with Gasteiger partial charge in [-0.3, -0.25) is 16.0 Å². The summed E-state index contributed by atoms with van der Waals surface area (Å²) < 4.78 is 3.70. The Morgan fingerprint density at radius 1 is 1.37 bits per heavy atom. The second-order valence-electron chi connectivity index (χ2n) is 5.12. The molecular formula is C12H21N7. The first kappa shape index (κ1) is 13.7.